The summed E-state index contributed by atoms with van der Waals surface area (Å²) >= 11 is 0. The lowest BCUT2D eigenvalue weighted by molar-refractivity contribution is 0.252. The molecule has 0 atom stereocenters. The van der Waals surface area contributed by atoms with Gasteiger partial charge in [0.1, 0.15) is 0 Å². The molecule has 0 aliphatic heterocycles. The number of hydrogen-bond donors (Lipinski definition) is 2. The summed E-state index contributed by atoms with van der Waals surface area (Å²) in [5.74, 6) is 0. The van der Waals surface area contributed by atoms with Gasteiger partial charge < -0.3 is 10.6 Å². The molecule has 19 heavy (non-hydrogen) atoms. The maximum absolute atomic E-state index is 11.5. The van der Waals surface area contributed by atoms with Crippen LogP contribution in [0.3, 0.4) is 0 Å². The second kappa shape index (κ2) is 9.79. The van der Waals surface area contributed by atoms with E-state index in [0.29, 0.717) is 18.8 Å². The molecule has 1 heterocycles. The minimum absolute atomic E-state index is 0.224. The Morgan fingerprint density at radius 2 is 2.16 bits per heavy atom. The van der Waals surface area contributed by atoms with Gasteiger partial charge in [0.25, 0.3) is 0 Å². The van der Waals surface area contributed by atoms with Crippen LogP contribution in [0.15, 0.2) is 29.5 Å². The number of unbranched alkanes of at least 4 members (excludes halogenated alkanes) is 3. The van der Waals surface area contributed by atoms with Crippen molar-refractivity contribution in [3.63, 3.8) is 0 Å². The van der Waals surface area contributed by atoms with Crippen molar-refractivity contribution in [2.24, 2.45) is 4.99 Å². The number of carbonyl (C=O) groups is 1. The molecule has 0 spiro atoms. The van der Waals surface area contributed by atoms with Crippen LogP contribution in [0.2, 0.25) is 0 Å². The molecule has 1 aromatic heterocycles. The quantitative estimate of drug-likeness (QED) is 0.427. The van der Waals surface area contributed by atoms with Gasteiger partial charge >= 0.3 is 6.03 Å². The molecular weight excluding hydrogens is 244 g/mol. The van der Waals surface area contributed by atoms with Crippen molar-refractivity contribution < 1.29 is 9.59 Å². The summed E-state index contributed by atoms with van der Waals surface area (Å²) in [7, 11) is 0. The molecule has 2 N–H and O–H groups in total. The minimum atomic E-state index is -0.224. The molecule has 0 aromatic carbocycles. The number of carbonyl (C=O) groups excluding carboxylic acids is 2. The first-order valence-electron chi connectivity index (χ1n) is 6.31. The van der Waals surface area contributed by atoms with Gasteiger partial charge in [0, 0.05) is 12.7 Å². The Morgan fingerprint density at radius 1 is 1.32 bits per heavy atom. The zero-order chi connectivity index (χ0) is 13.8. The normalized spacial score (nSPS) is 9.47. The van der Waals surface area contributed by atoms with Crippen molar-refractivity contribution in [1.29, 1.82) is 0 Å². The molecule has 0 fully saturated rings. The third kappa shape index (κ3) is 7.68. The number of urea groups is 1. The van der Waals surface area contributed by atoms with Gasteiger partial charge in [-0.3, -0.25) is 4.98 Å². The van der Waals surface area contributed by atoms with Gasteiger partial charge in [-0.05, 0) is 25.0 Å². The average Bonchev–Trinajstić information content (AvgIpc) is 2.43. The Morgan fingerprint density at radius 3 is 2.89 bits per heavy atom. The van der Waals surface area contributed by atoms with E-state index in [0.717, 1.165) is 25.7 Å². The number of hydrogen-bond acceptors (Lipinski definition) is 4. The zero-order valence-electron chi connectivity index (χ0n) is 10.8. The van der Waals surface area contributed by atoms with Crippen LogP contribution in [-0.4, -0.2) is 30.2 Å². The largest absolute Gasteiger partial charge is 0.338 e. The Balaban J connectivity index is 2.00. The van der Waals surface area contributed by atoms with Gasteiger partial charge in [-0.2, -0.15) is 0 Å². The molecule has 0 saturated heterocycles. The van der Waals surface area contributed by atoms with Crippen LogP contribution < -0.4 is 10.6 Å². The Bertz CT molecular complexity index is 416. The number of anilines is 1. The summed E-state index contributed by atoms with van der Waals surface area (Å²) in [4.78, 5) is 28.7. The lowest BCUT2D eigenvalue weighted by Crippen LogP contribution is -2.29. The van der Waals surface area contributed by atoms with Crippen molar-refractivity contribution in [1.82, 2.24) is 10.3 Å². The lowest BCUT2D eigenvalue weighted by atomic mass is 10.2. The third-order valence-corrected chi connectivity index (χ3v) is 2.47. The number of pyridine rings is 1. The fraction of sp³-hybridized carbons (Fsp3) is 0.462. The predicted octanol–water partition coefficient (Wildman–Crippen LogP) is 2.10. The number of nitrogens with zero attached hydrogens (tertiary/aromatic N) is 2. The van der Waals surface area contributed by atoms with Crippen LogP contribution >= 0.6 is 0 Å². The number of rotatable bonds is 8. The summed E-state index contributed by atoms with van der Waals surface area (Å²) in [6.07, 6.45) is 8.55. The number of aliphatic imine (C=N–C) groups is 1. The number of isocyanates is 1. The highest BCUT2D eigenvalue weighted by Gasteiger charge is 1.99. The van der Waals surface area contributed by atoms with E-state index >= 15 is 0 Å². The van der Waals surface area contributed by atoms with E-state index < -0.39 is 0 Å². The predicted molar refractivity (Wildman–Crippen MR) is 72.7 cm³/mol. The second-order valence-corrected chi connectivity index (χ2v) is 4.01. The van der Waals surface area contributed by atoms with Gasteiger partial charge in [0.2, 0.25) is 6.08 Å². The molecule has 102 valence electrons. The first-order chi connectivity index (χ1) is 9.33. The summed E-state index contributed by atoms with van der Waals surface area (Å²) in [5.41, 5.74) is 0.673. The van der Waals surface area contributed by atoms with Gasteiger partial charge in [0.15, 0.2) is 0 Å². The van der Waals surface area contributed by atoms with Crippen LogP contribution in [0.25, 0.3) is 0 Å². The van der Waals surface area contributed by atoms with Gasteiger partial charge in [-0.25, -0.2) is 14.6 Å². The van der Waals surface area contributed by atoms with Crippen molar-refractivity contribution in [3.8, 4) is 0 Å². The highest BCUT2D eigenvalue weighted by Crippen LogP contribution is 2.02. The van der Waals surface area contributed by atoms with Crippen LogP contribution in [0.5, 0.6) is 0 Å². The molecule has 0 aliphatic carbocycles. The van der Waals surface area contributed by atoms with E-state index in [4.69, 9.17) is 0 Å². The molecule has 6 heteroatoms. The maximum Gasteiger partial charge on any atom is 0.319 e. The van der Waals surface area contributed by atoms with Crippen molar-refractivity contribution in [2.45, 2.75) is 25.7 Å². The van der Waals surface area contributed by atoms with Gasteiger partial charge in [-0.1, -0.05) is 12.8 Å². The minimum Gasteiger partial charge on any atom is -0.338 e. The van der Waals surface area contributed by atoms with Gasteiger partial charge in [0.05, 0.1) is 18.4 Å². The summed E-state index contributed by atoms with van der Waals surface area (Å²) in [6, 6.07) is 3.32. The highest BCUT2D eigenvalue weighted by molar-refractivity contribution is 5.88. The molecule has 2 amide bonds. The molecule has 0 saturated carbocycles. The standard InChI is InChI=1S/C13H18N4O2/c18-11-15-7-3-1-2-4-9-16-13(19)17-12-6-5-8-14-10-12/h5-6,8,10H,1-4,7,9H2,(H2,16,17,19). The summed E-state index contributed by atoms with van der Waals surface area (Å²) in [6.45, 7) is 1.17. The third-order valence-electron chi connectivity index (χ3n) is 2.47. The molecule has 0 aliphatic rings. The van der Waals surface area contributed by atoms with Crippen LogP contribution in [0.1, 0.15) is 25.7 Å². The Kier molecular flexibility index (Phi) is 7.66. The maximum atomic E-state index is 11.5. The second-order valence-electron chi connectivity index (χ2n) is 4.01. The van der Waals surface area contributed by atoms with E-state index in [1.807, 2.05) is 0 Å². The van der Waals surface area contributed by atoms with E-state index in [2.05, 4.69) is 20.6 Å². The fourth-order valence-electron chi connectivity index (χ4n) is 1.53. The molecule has 6 nitrogen and oxygen atoms in total. The average molecular weight is 262 g/mol. The first-order valence-corrected chi connectivity index (χ1v) is 6.31. The SMILES string of the molecule is O=C=NCCCCCCNC(=O)Nc1cccnc1. The van der Waals surface area contributed by atoms with E-state index in [1.165, 1.54) is 6.08 Å². The van der Waals surface area contributed by atoms with E-state index in [9.17, 15) is 9.59 Å². The molecule has 1 aromatic rings. The lowest BCUT2D eigenvalue weighted by Gasteiger charge is -2.06. The topological polar surface area (TPSA) is 83.5 Å². The fourth-order valence-corrected chi connectivity index (χ4v) is 1.53. The van der Waals surface area contributed by atoms with E-state index in [-0.39, 0.29) is 6.03 Å². The van der Waals surface area contributed by atoms with E-state index in [1.54, 1.807) is 24.5 Å². The van der Waals surface area contributed by atoms with Crippen LogP contribution in [-0.2, 0) is 4.79 Å². The van der Waals surface area contributed by atoms with Crippen LogP contribution in [0.4, 0.5) is 10.5 Å². The molecule has 0 bridgehead atoms. The molecule has 0 radical (unpaired) electrons. The van der Waals surface area contributed by atoms with Gasteiger partial charge in [-0.15, -0.1) is 0 Å². The van der Waals surface area contributed by atoms with Crippen molar-refractivity contribution in [3.05, 3.63) is 24.5 Å². The van der Waals surface area contributed by atoms with Crippen molar-refractivity contribution in [2.75, 3.05) is 18.4 Å². The molecule has 0 unspecified atom stereocenters. The number of aromatic nitrogens is 1. The number of nitrogens with one attached hydrogen (secondary N) is 2. The highest BCUT2D eigenvalue weighted by atomic mass is 16.2. The van der Waals surface area contributed by atoms with Crippen molar-refractivity contribution >= 4 is 17.8 Å². The zero-order valence-corrected chi connectivity index (χ0v) is 10.8. The Labute approximate surface area is 112 Å². The number of amides is 2. The molecule has 1 rings (SSSR count). The first kappa shape index (κ1) is 14.9. The van der Waals surface area contributed by atoms with Crippen LogP contribution in [0, 0.1) is 0 Å². The molecular formula is C13H18N4O2. The monoisotopic (exact) mass is 262 g/mol. The summed E-state index contributed by atoms with van der Waals surface area (Å²) < 4.78 is 0. The summed E-state index contributed by atoms with van der Waals surface area (Å²) in [5, 5.41) is 5.46. The Hall–Kier alpha value is -2.20. The smallest absolute Gasteiger partial charge is 0.319 e.